The number of hydrogen-bond donors (Lipinski definition) is 2. The van der Waals surface area contributed by atoms with Crippen LogP contribution < -0.4 is 5.73 Å². The highest BCUT2D eigenvalue weighted by Crippen LogP contribution is 2.09. The summed E-state index contributed by atoms with van der Waals surface area (Å²) in [4.78, 5) is 11.1. The first-order valence-corrected chi connectivity index (χ1v) is 5.00. The zero-order chi connectivity index (χ0) is 10.7. The topological polar surface area (TPSA) is 72.5 Å². The number of rotatable bonds is 4. The van der Waals surface area contributed by atoms with Crippen molar-refractivity contribution < 1.29 is 0 Å². The number of aromatic nitrogens is 4. The molecule has 0 amide bonds. The van der Waals surface area contributed by atoms with Crippen LogP contribution in [0.5, 0.6) is 0 Å². The fourth-order valence-electron chi connectivity index (χ4n) is 1.56. The monoisotopic (exact) mass is 205 g/mol. The van der Waals surface area contributed by atoms with Crippen molar-refractivity contribution in [2.24, 2.45) is 5.73 Å². The van der Waals surface area contributed by atoms with Crippen LogP contribution in [0.4, 0.5) is 0 Å². The van der Waals surface area contributed by atoms with Gasteiger partial charge in [0.05, 0.1) is 18.3 Å². The van der Waals surface area contributed by atoms with E-state index in [2.05, 4.69) is 19.5 Å². The third-order valence-electron chi connectivity index (χ3n) is 2.39. The summed E-state index contributed by atoms with van der Waals surface area (Å²) in [6, 6.07) is 0.0225. The number of H-pyrrole nitrogens is 1. The second-order valence-electron chi connectivity index (χ2n) is 3.63. The molecule has 0 saturated heterocycles. The van der Waals surface area contributed by atoms with E-state index in [0.29, 0.717) is 0 Å². The summed E-state index contributed by atoms with van der Waals surface area (Å²) in [5.74, 6) is 0. The van der Waals surface area contributed by atoms with E-state index in [4.69, 9.17) is 5.73 Å². The summed E-state index contributed by atoms with van der Waals surface area (Å²) in [5.41, 5.74) is 8.02. The molecule has 0 aliphatic rings. The van der Waals surface area contributed by atoms with Crippen LogP contribution in [-0.4, -0.2) is 19.5 Å². The molecule has 80 valence electrons. The van der Waals surface area contributed by atoms with Crippen molar-refractivity contribution in [1.82, 2.24) is 19.5 Å². The van der Waals surface area contributed by atoms with Crippen molar-refractivity contribution >= 4 is 0 Å². The molecule has 0 fully saturated rings. The molecule has 0 aromatic carbocycles. The fourth-order valence-corrected chi connectivity index (χ4v) is 1.56. The van der Waals surface area contributed by atoms with Crippen molar-refractivity contribution in [3.05, 3.63) is 36.4 Å². The lowest BCUT2D eigenvalue weighted by Crippen LogP contribution is -2.12. The average Bonchev–Trinajstić information content (AvgIpc) is 2.86. The first-order valence-electron chi connectivity index (χ1n) is 5.00. The van der Waals surface area contributed by atoms with Crippen molar-refractivity contribution in [1.29, 1.82) is 0 Å². The van der Waals surface area contributed by atoms with E-state index in [0.717, 1.165) is 24.4 Å². The Morgan fingerprint density at radius 3 is 3.00 bits per heavy atom. The molecule has 15 heavy (non-hydrogen) atoms. The van der Waals surface area contributed by atoms with E-state index >= 15 is 0 Å². The van der Waals surface area contributed by atoms with Gasteiger partial charge in [0.2, 0.25) is 0 Å². The summed E-state index contributed by atoms with van der Waals surface area (Å²) in [7, 11) is 0. The third-order valence-corrected chi connectivity index (χ3v) is 2.39. The standard InChI is InChI=1S/C10H15N5/c1-8(11)10-5-13-7-15(10)3-2-9-4-12-6-14-9/h4-8H,2-3,11H2,1H3,(H,12,14)/t8-/m0/s1. The predicted molar refractivity (Wildman–Crippen MR) is 57.1 cm³/mol. The number of nitrogens with two attached hydrogens (primary N) is 1. The Hall–Kier alpha value is -1.62. The van der Waals surface area contributed by atoms with Crippen molar-refractivity contribution in [3.63, 3.8) is 0 Å². The Labute approximate surface area is 88.4 Å². The molecule has 0 aliphatic heterocycles. The molecule has 0 radical (unpaired) electrons. The Morgan fingerprint density at radius 1 is 1.47 bits per heavy atom. The minimum atomic E-state index is 0.0225. The maximum absolute atomic E-state index is 5.83. The third kappa shape index (κ3) is 2.24. The van der Waals surface area contributed by atoms with Gasteiger partial charge in [-0.15, -0.1) is 0 Å². The number of nitrogens with one attached hydrogen (secondary N) is 1. The molecule has 3 N–H and O–H groups in total. The molecule has 5 heteroatoms. The lowest BCUT2D eigenvalue weighted by molar-refractivity contribution is 0.619. The molecule has 0 saturated carbocycles. The zero-order valence-electron chi connectivity index (χ0n) is 8.72. The Bertz CT molecular complexity index is 401. The molecule has 5 nitrogen and oxygen atoms in total. The molecule has 0 unspecified atom stereocenters. The summed E-state index contributed by atoms with van der Waals surface area (Å²) in [6.45, 7) is 2.84. The largest absolute Gasteiger partial charge is 0.348 e. The quantitative estimate of drug-likeness (QED) is 0.777. The van der Waals surface area contributed by atoms with Gasteiger partial charge in [-0.2, -0.15) is 0 Å². The fraction of sp³-hybridized carbons (Fsp3) is 0.400. The zero-order valence-corrected chi connectivity index (χ0v) is 8.72. The molecule has 0 aliphatic carbocycles. The predicted octanol–water partition coefficient (Wildman–Crippen LogP) is 0.869. The summed E-state index contributed by atoms with van der Waals surface area (Å²) in [6.07, 6.45) is 8.07. The Balaban J connectivity index is 2.02. The number of aromatic amines is 1. The van der Waals surface area contributed by atoms with E-state index in [1.165, 1.54) is 0 Å². The van der Waals surface area contributed by atoms with E-state index in [1.54, 1.807) is 6.33 Å². The van der Waals surface area contributed by atoms with Crippen molar-refractivity contribution in [3.8, 4) is 0 Å². The first-order chi connectivity index (χ1) is 7.27. The van der Waals surface area contributed by atoms with Gasteiger partial charge in [0.25, 0.3) is 0 Å². The maximum atomic E-state index is 5.83. The van der Waals surface area contributed by atoms with Crippen LogP contribution in [-0.2, 0) is 13.0 Å². The van der Waals surface area contributed by atoms with Gasteiger partial charge in [-0.3, -0.25) is 0 Å². The highest BCUT2D eigenvalue weighted by molar-refractivity contribution is 5.04. The molecule has 0 spiro atoms. The van der Waals surface area contributed by atoms with Crippen molar-refractivity contribution in [2.75, 3.05) is 0 Å². The van der Waals surface area contributed by atoms with Crippen LogP contribution in [0.15, 0.2) is 25.0 Å². The molecule has 0 bridgehead atoms. The first kappa shape index (κ1) is 9.92. The van der Waals surface area contributed by atoms with Gasteiger partial charge < -0.3 is 15.3 Å². The lowest BCUT2D eigenvalue weighted by Gasteiger charge is -2.09. The lowest BCUT2D eigenvalue weighted by atomic mass is 10.2. The van der Waals surface area contributed by atoms with Gasteiger partial charge in [0, 0.05) is 37.1 Å². The number of nitrogens with zero attached hydrogens (tertiary/aromatic N) is 3. The maximum Gasteiger partial charge on any atom is 0.0948 e. The highest BCUT2D eigenvalue weighted by atomic mass is 15.1. The van der Waals surface area contributed by atoms with E-state index in [9.17, 15) is 0 Å². The number of aryl methyl sites for hydroxylation is 2. The second kappa shape index (κ2) is 4.27. The van der Waals surface area contributed by atoms with Gasteiger partial charge >= 0.3 is 0 Å². The summed E-state index contributed by atoms with van der Waals surface area (Å²) < 4.78 is 2.07. The second-order valence-corrected chi connectivity index (χ2v) is 3.63. The molecule has 2 aromatic heterocycles. The van der Waals surface area contributed by atoms with Gasteiger partial charge in [-0.1, -0.05) is 0 Å². The minimum Gasteiger partial charge on any atom is -0.348 e. The van der Waals surface area contributed by atoms with E-state index in [-0.39, 0.29) is 6.04 Å². The smallest absolute Gasteiger partial charge is 0.0948 e. The normalized spacial score (nSPS) is 12.9. The van der Waals surface area contributed by atoms with Gasteiger partial charge in [0.1, 0.15) is 0 Å². The Kier molecular flexibility index (Phi) is 2.82. The molecular formula is C10H15N5. The van der Waals surface area contributed by atoms with E-state index in [1.807, 2.05) is 25.6 Å². The number of imidazole rings is 2. The summed E-state index contributed by atoms with van der Waals surface area (Å²) >= 11 is 0. The Morgan fingerprint density at radius 2 is 2.33 bits per heavy atom. The molecule has 2 heterocycles. The van der Waals surface area contributed by atoms with Crippen LogP contribution in [0.3, 0.4) is 0 Å². The van der Waals surface area contributed by atoms with Gasteiger partial charge in [-0.25, -0.2) is 9.97 Å². The van der Waals surface area contributed by atoms with Crippen LogP contribution in [0.2, 0.25) is 0 Å². The van der Waals surface area contributed by atoms with Gasteiger partial charge in [-0.05, 0) is 6.92 Å². The average molecular weight is 205 g/mol. The SMILES string of the molecule is C[C@H](N)c1cncn1CCc1cnc[nH]1. The van der Waals surface area contributed by atoms with Crippen LogP contribution >= 0.6 is 0 Å². The minimum absolute atomic E-state index is 0.0225. The highest BCUT2D eigenvalue weighted by Gasteiger charge is 2.06. The number of hydrogen-bond acceptors (Lipinski definition) is 3. The van der Waals surface area contributed by atoms with Crippen LogP contribution in [0, 0.1) is 0 Å². The molecule has 2 rings (SSSR count). The van der Waals surface area contributed by atoms with Gasteiger partial charge in [0.15, 0.2) is 0 Å². The van der Waals surface area contributed by atoms with E-state index < -0.39 is 0 Å². The van der Waals surface area contributed by atoms with Crippen LogP contribution in [0.1, 0.15) is 24.4 Å². The molecular weight excluding hydrogens is 190 g/mol. The summed E-state index contributed by atoms with van der Waals surface area (Å²) in [5, 5.41) is 0. The molecule has 2 aromatic rings. The van der Waals surface area contributed by atoms with Crippen LogP contribution in [0.25, 0.3) is 0 Å². The van der Waals surface area contributed by atoms with Crippen molar-refractivity contribution in [2.45, 2.75) is 25.9 Å². The molecule has 1 atom stereocenters.